The fraction of sp³-hybridized carbons (Fsp3) is 0.481. The fourth-order valence-electron chi connectivity index (χ4n) is 3.97. The number of imidazole rings is 1. The van der Waals surface area contributed by atoms with Crippen LogP contribution in [0.15, 0.2) is 54.6 Å². The number of fused-ring (bicyclic) bond motifs is 1. The number of carbonyl (C=O) groups is 1. The summed E-state index contributed by atoms with van der Waals surface area (Å²) in [4.78, 5) is 16.8. The number of benzene rings is 2. The maximum absolute atomic E-state index is 11.9. The van der Waals surface area contributed by atoms with Gasteiger partial charge in [-0.25, -0.2) is 4.98 Å². The van der Waals surface area contributed by atoms with Crippen LogP contribution >= 0.6 is 0 Å². The van der Waals surface area contributed by atoms with Gasteiger partial charge in [0.1, 0.15) is 11.6 Å². The zero-order chi connectivity index (χ0) is 22.4. The molecule has 0 aliphatic rings. The summed E-state index contributed by atoms with van der Waals surface area (Å²) < 4.78 is 7.90. The second kappa shape index (κ2) is 13.6. The monoisotopic (exact) mass is 435 g/mol. The molecular formula is C27H37N3O2. The third-order valence-corrected chi connectivity index (χ3v) is 5.73. The Kier molecular flexibility index (Phi) is 10.1. The lowest BCUT2D eigenvalue weighted by Gasteiger charge is -2.10. The highest BCUT2D eigenvalue weighted by molar-refractivity contribution is 5.77. The largest absolute Gasteiger partial charge is 0.484 e. The maximum atomic E-state index is 11.9. The second-order valence-electron chi connectivity index (χ2n) is 8.34. The van der Waals surface area contributed by atoms with Crippen molar-refractivity contribution in [2.24, 2.45) is 0 Å². The average Bonchev–Trinajstić information content (AvgIpc) is 3.18. The molecule has 0 unspecified atom stereocenters. The molecule has 0 bridgehead atoms. The van der Waals surface area contributed by atoms with Crippen LogP contribution in [0, 0.1) is 0 Å². The first-order valence-corrected chi connectivity index (χ1v) is 12.2. The van der Waals surface area contributed by atoms with Crippen molar-refractivity contribution in [2.75, 3.05) is 13.2 Å². The van der Waals surface area contributed by atoms with Crippen LogP contribution in [0.4, 0.5) is 0 Å². The number of unbranched alkanes of at least 4 members (excludes halogenated alkanes) is 6. The zero-order valence-corrected chi connectivity index (χ0v) is 19.4. The van der Waals surface area contributed by atoms with Crippen molar-refractivity contribution in [3.63, 3.8) is 0 Å². The van der Waals surface area contributed by atoms with Gasteiger partial charge >= 0.3 is 0 Å². The highest BCUT2D eigenvalue weighted by atomic mass is 16.5. The van der Waals surface area contributed by atoms with E-state index in [1.165, 1.54) is 43.4 Å². The zero-order valence-electron chi connectivity index (χ0n) is 19.4. The van der Waals surface area contributed by atoms with E-state index < -0.39 is 0 Å². The standard InChI is InChI=1S/C27H37N3O2/c1-2-3-4-5-14-21-30-25-18-12-11-17-24(25)29-26(30)19-10-7-13-20-28-27(31)22-32-23-15-8-6-9-16-23/h6,8-9,11-12,15-18H,2-5,7,10,13-14,19-22H2,1H3,(H,28,31). The topological polar surface area (TPSA) is 56.2 Å². The van der Waals surface area contributed by atoms with E-state index in [2.05, 4.69) is 41.1 Å². The molecule has 1 N–H and O–H groups in total. The van der Waals surface area contributed by atoms with Crippen molar-refractivity contribution in [2.45, 2.75) is 71.3 Å². The van der Waals surface area contributed by atoms with E-state index in [1.54, 1.807) is 0 Å². The fourth-order valence-corrected chi connectivity index (χ4v) is 3.97. The molecule has 2 aromatic carbocycles. The van der Waals surface area contributed by atoms with Crippen LogP contribution in [-0.2, 0) is 17.8 Å². The van der Waals surface area contributed by atoms with Crippen LogP contribution in [0.25, 0.3) is 11.0 Å². The molecule has 0 saturated heterocycles. The molecular weight excluding hydrogens is 398 g/mol. The van der Waals surface area contributed by atoms with Crippen molar-refractivity contribution in [1.29, 1.82) is 0 Å². The summed E-state index contributed by atoms with van der Waals surface area (Å²) in [6.07, 6.45) is 10.5. The first kappa shape index (κ1) is 23.8. The first-order chi connectivity index (χ1) is 15.8. The minimum absolute atomic E-state index is 0.0618. The van der Waals surface area contributed by atoms with E-state index >= 15 is 0 Å². The van der Waals surface area contributed by atoms with Crippen molar-refractivity contribution in [3.8, 4) is 5.75 Å². The molecule has 1 heterocycles. The highest BCUT2D eigenvalue weighted by Crippen LogP contribution is 2.19. The number of ether oxygens (including phenoxy) is 1. The summed E-state index contributed by atoms with van der Waals surface area (Å²) in [5.41, 5.74) is 2.35. The number of para-hydroxylation sites is 3. The second-order valence-corrected chi connectivity index (χ2v) is 8.34. The molecule has 5 heteroatoms. The molecule has 0 radical (unpaired) electrons. The summed E-state index contributed by atoms with van der Waals surface area (Å²) in [7, 11) is 0. The normalized spacial score (nSPS) is 11.0. The van der Waals surface area contributed by atoms with Gasteiger partial charge in [-0.15, -0.1) is 0 Å². The number of nitrogens with one attached hydrogen (secondary N) is 1. The minimum atomic E-state index is -0.0706. The van der Waals surface area contributed by atoms with Crippen LogP contribution in [-0.4, -0.2) is 28.6 Å². The molecule has 0 atom stereocenters. The molecule has 0 spiro atoms. The van der Waals surface area contributed by atoms with Gasteiger partial charge in [-0.1, -0.05) is 69.4 Å². The number of amides is 1. The van der Waals surface area contributed by atoms with E-state index in [1.807, 2.05) is 30.3 Å². The van der Waals surface area contributed by atoms with Gasteiger partial charge in [0.05, 0.1) is 11.0 Å². The van der Waals surface area contributed by atoms with E-state index in [-0.39, 0.29) is 12.5 Å². The van der Waals surface area contributed by atoms with Crippen molar-refractivity contribution in [3.05, 3.63) is 60.4 Å². The van der Waals surface area contributed by atoms with Gasteiger partial charge in [0.15, 0.2) is 6.61 Å². The molecule has 0 saturated carbocycles. The number of aryl methyl sites for hydroxylation is 2. The molecule has 32 heavy (non-hydrogen) atoms. The Hall–Kier alpha value is -2.82. The Morgan fingerprint density at radius 1 is 0.906 bits per heavy atom. The summed E-state index contributed by atoms with van der Waals surface area (Å²) in [6, 6.07) is 17.9. The highest BCUT2D eigenvalue weighted by Gasteiger charge is 2.10. The van der Waals surface area contributed by atoms with Crippen LogP contribution in [0.5, 0.6) is 5.75 Å². The Morgan fingerprint density at radius 3 is 2.50 bits per heavy atom. The summed E-state index contributed by atoms with van der Waals surface area (Å²) >= 11 is 0. The van der Waals surface area contributed by atoms with E-state index in [0.29, 0.717) is 6.54 Å². The maximum Gasteiger partial charge on any atom is 0.257 e. The van der Waals surface area contributed by atoms with Gasteiger partial charge in [0, 0.05) is 19.5 Å². The molecule has 5 nitrogen and oxygen atoms in total. The summed E-state index contributed by atoms with van der Waals surface area (Å²) in [5, 5.41) is 2.94. The SMILES string of the molecule is CCCCCCCn1c(CCCCCNC(=O)COc2ccccc2)nc2ccccc21. The average molecular weight is 436 g/mol. The predicted molar refractivity (Wildman–Crippen MR) is 131 cm³/mol. The van der Waals surface area contributed by atoms with Gasteiger partial charge in [-0.3, -0.25) is 4.79 Å². The molecule has 3 aromatic rings. The Morgan fingerprint density at radius 2 is 1.66 bits per heavy atom. The molecule has 0 fully saturated rings. The Labute approximate surface area is 192 Å². The molecule has 0 aliphatic carbocycles. The molecule has 0 aliphatic heterocycles. The van der Waals surface area contributed by atoms with Gasteiger partial charge in [-0.05, 0) is 43.5 Å². The van der Waals surface area contributed by atoms with Gasteiger partial charge in [0.25, 0.3) is 5.91 Å². The minimum Gasteiger partial charge on any atom is -0.484 e. The summed E-state index contributed by atoms with van der Waals surface area (Å²) in [5.74, 6) is 1.84. The quantitative estimate of drug-likeness (QED) is 0.302. The Balaban J connectivity index is 1.37. The van der Waals surface area contributed by atoms with E-state index in [0.717, 1.165) is 43.5 Å². The van der Waals surface area contributed by atoms with Gasteiger partial charge in [0.2, 0.25) is 0 Å². The first-order valence-electron chi connectivity index (χ1n) is 12.2. The van der Waals surface area contributed by atoms with Gasteiger partial charge in [-0.2, -0.15) is 0 Å². The molecule has 1 amide bonds. The molecule has 172 valence electrons. The smallest absolute Gasteiger partial charge is 0.257 e. The van der Waals surface area contributed by atoms with Crippen LogP contribution < -0.4 is 10.1 Å². The number of hydrogen-bond donors (Lipinski definition) is 1. The third kappa shape index (κ3) is 7.70. The Bertz CT molecular complexity index is 936. The van der Waals surface area contributed by atoms with Crippen LogP contribution in [0.2, 0.25) is 0 Å². The number of rotatable bonds is 15. The van der Waals surface area contributed by atoms with Crippen LogP contribution in [0.3, 0.4) is 0 Å². The lowest BCUT2D eigenvalue weighted by Crippen LogP contribution is -2.29. The number of carbonyl (C=O) groups excluding carboxylic acids is 1. The lowest BCUT2D eigenvalue weighted by molar-refractivity contribution is -0.123. The summed E-state index contributed by atoms with van der Waals surface area (Å²) in [6.45, 7) is 4.06. The number of nitrogens with zero attached hydrogens (tertiary/aromatic N) is 2. The predicted octanol–water partition coefficient (Wildman–Crippen LogP) is 5.91. The van der Waals surface area contributed by atoms with Crippen molar-refractivity contribution >= 4 is 16.9 Å². The number of hydrogen-bond acceptors (Lipinski definition) is 3. The van der Waals surface area contributed by atoms with E-state index in [4.69, 9.17) is 9.72 Å². The molecule has 1 aromatic heterocycles. The van der Waals surface area contributed by atoms with Crippen LogP contribution in [0.1, 0.15) is 64.1 Å². The van der Waals surface area contributed by atoms with Crippen molar-refractivity contribution in [1.82, 2.24) is 14.9 Å². The van der Waals surface area contributed by atoms with E-state index in [9.17, 15) is 4.79 Å². The van der Waals surface area contributed by atoms with Crippen molar-refractivity contribution < 1.29 is 9.53 Å². The third-order valence-electron chi connectivity index (χ3n) is 5.73. The number of aromatic nitrogens is 2. The molecule has 3 rings (SSSR count). The lowest BCUT2D eigenvalue weighted by atomic mass is 10.1. The van der Waals surface area contributed by atoms with Gasteiger partial charge < -0.3 is 14.6 Å².